The summed E-state index contributed by atoms with van der Waals surface area (Å²) in [4.78, 5) is 12.0. The van der Waals surface area contributed by atoms with Gasteiger partial charge in [0.2, 0.25) is 0 Å². The molecule has 1 nitrogen and oxygen atoms in total. The Balaban J connectivity index is 1.80. The van der Waals surface area contributed by atoms with Crippen LogP contribution >= 0.6 is 0 Å². The maximum Gasteiger partial charge on any atom is 0.136 e. The average Bonchev–Trinajstić information content (AvgIpc) is 2.74. The molecule has 0 radical (unpaired) electrons. The zero-order valence-corrected chi connectivity index (χ0v) is 9.99. The van der Waals surface area contributed by atoms with Crippen LogP contribution in [0.3, 0.4) is 0 Å². The predicted octanol–water partition coefficient (Wildman–Crippen LogP) is 3.62. The molecule has 1 aromatic carbocycles. The molecular weight excluding hydrogens is 196 g/mol. The van der Waals surface area contributed by atoms with Crippen molar-refractivity contribution in [3.8, 4) is 0 Å². The van der Waals surface area contributed by atoms with Crippen molar-refractivity contribution in [3.05, 3.63) is 35.9 Å². The van der Waals surface area contributed by atoms with E-state index in [1.807, 2.05) is 18.2 Å². The molecule has 0 N–H and O–H groups in total. The predicted molar refractivity (Wildman–Crippen MR) is 66.3 cm³/mol. The fraction of sp³-hybridized carbons (Fsp3) is 0.533. The van der Waals surface area contributed by atoms with Crippen molar-refractivity contribution in [1.29, 1.82) is 0 Å². The minimum Gasteiger partial charge on any atom is -0.299 e. The monoisotopic (exact) mass is 216 g/mol. The van der Waals surface area contributed by atoms with E-state index in [0.29, 0.717) is 11.7 Å². The summed E-state index contributed by atoms with van der Waals surface area (Å²) in [6.45, 7) is 2.25. The van der Waals surface area contributed by atoms with E-state index in [9.17, 15) is 4.79 Å². The summed E-state index contributed by atoms with van der Waals surface area (Å²) < 4.78 is 0. The number of carbonyl (C=O) groups excluding carboxylic acids is 1. The van der Waals surface area contributed by atoms with E-state index in [0.717, 1.165) is 31.6 Å². The van der Waals surface area contributed by atoms with Crippen LogP contribution in [0.4, 0.5) is 0 Å². The number of carbonyl (C=O) groups is 1. The standard InChI is InChI=1S/C15H20O/c1-12-7-9-14(11-12)15(16)10-8-13-5-3-2-4-6-13/h2-6,12,14H,7-11H2,1H3. The Kier molecular flexibility index (Phi) is 3.76. The Morgan fingerprint density at radius 1 is 1.25 bits per heavy atom. The van der Waals surface area contributed by atoms with Gasteiger partial charge in [-0.25, -0.2) is 0 Å². The van der Waals surface area contributed by atoms with Crippen molar-refractivity contribution < 1.29 is 4.79 Å². The fourth-order valence-electron chi connectivity index (χ4n) is 2.62. The molecule has 86 valence electrons. The van der Waals surface area contributed by atoms with Crippen molar-refractivity contribution in [1.82, 2.24) is 0 Å². The van der Waals surface area contributed by atoms with E-state index >= 15 is 0 Å². The number of hydrogen-bond donors (Lipinski definition) is 0. The second kappa shape index (κ2) is 5.29. The SMILES string of the molecule is CC1CCC(C(=O)CCc2ccccc2)C1. The molecule has 2 rings (SSSR count). The fourth-order valence-corrected chi connectivity index (χ4v) is 2.62. The highest BCUT2D eigenvalue weighted by molar-refractivity contribution is 5.81. The van der Waals surface area contributed by atoms with Gasteiger partial charge in [-0.3, -0.25) is 4.79 Å². The van der Waals surface area contributed by atoms with Crippen molar-refractivity contribution in [2.45, 2.75) is 39.0 Å². The van der Waals surface area contributed by atoms with Crippen molar-refractivity contribution in [3.63, 3.8) is 0 Å². The molecule has 1 fully saturated rings. The van der Waals surface area contributed by atoms with Crippen LogP contribution in [0.2, 0.25) is 0 Å². The molecule has 1 aliphatic rings. The second-order valence-electron chi connectivity index (χ2n) is 5.07. The summed E-state index contributed by atoms with van der Waals surface area (Å²) in [6, 6.07) is 10.3. The van der Waals surface area contributed by atoms with Crippen LogP contribution in [0.1, 0.15) is 38.2 Å². The molecule has 1 aromatic rings. The van der Waals surface area contributed by atoms with Crippen molar-refractivity contribution in [2.24, 2.45) is 11.8 Å². The minimum atomic E-state index is 0.360. The molecule has 1 aliphatic carbocycles. The van der Waals surface area contributed by atoms with Gasteiger partial charge in [-0.05, 0) is 37.2 Å². The summed E-state index contributed by atoms with van der Waals surface area (Å²) in [5.41, 5.74) is 1.28. The Morgan fingerprint density at radius 3 is 2.62 bits per heavy atom. The summed E-state index contributed by atoms with van der Waals surface area (Å²) in [5, 5.41) is 0. The molecule has 0 aromatic heterocycles. The van der Waals surface area contributed by atoms with Crippen LogP contribution in [0, 0.1) is 11.8 Å². The van der Waals surface area contributed by atoms with Crippen LogP contribution in [0.5, 0.6) is 0 Å². The largest absolute Gasteiger partial charge is 0.299 e. The maximum absolute atomic E-state index is 12.0. The first-order valence-corrected chi connectivity index (χ1v) is 6.32. The summed E-state index contributed by atoms with van der Waals surface area (Å²) in [5.74, 6) is 1.59. The number of ketones is 1. The Bertz CT molecular complexity index is 342. The molecule has 0 heterocycles. The molecule has 2 unspecified atom stereocenters. The first-order chi connectivity index (χ1) is 7.75. The summed E-state index contributed by atoms with van der Waals surface area (Å²) >= 11 is 0. The van der Waals surface area contributed by atoms with Crippen LogP contribution < -0.4 is 0 Å². The molecule has 0 aliphatic heterocycles. The molecule has 0 spiro atoms. The van der Waals surface area contributed by atoms with E-state index in [4.69, 9.17) is 0 Å². The van der Waals surface area contributed by atoms with E-state index in [1.165, 1.54) is 12.0 Å². The highest BCUT2D eigenvalue weighted by Crippen LogP contribution is 2.31. The van der Waals surface area contributed by atoms with Gasteiger partial charge in [-0.1, -0.05) is 37.3 Å². The lowest BCUT2D eigenvalue weighted by molar-refractivity contribution is -0.122. The number of aryl methyl sites for hydroxylation is 1. The molecule has 1 saturated carbocycles. The smallest absolute Gasteiger partial charge is 0.136 e. The average molecular weight is 216 g/mol. The van der Waals surface area contributed by atoms with Gasteiger partial charge >= 0.3 is 0 Å². The third-order valence-corrected chi connectivity index (χ3v) is 3.65. The first-order valence-electron chi connectivity index (χ1n) is 6.32. The second-order valence-corrected chi connectivity index (χ2v) is 5.07. The summed E-state index contributed by atoms with van der Waals surface area (Å²) in [6.07, 6.45) is 5.11. The van der Waals surface area contributed by atoms with Gasteiger partial charge in [0.05, 0.1) is 0 Å². The quantitative estimate of drug-likeness (QED) is 0.751. The zero-order valence-electron chi connectivity index (χ0n) is 9.99. The van der Waals surface area contributed by atoms with E-state index in [2.05, 4.69) is 19.1 Å². The van der Waals surface area contributed by atoms with Crippen LogP contribution in [-0.4, -0.2) is 5.78 Å². The van der Waals surface area contributed by atoms with Gasteiger partial charge in [0.15, 0.2) is 0 Å². The molecule has 0 saturated heterocycles. The van der Waals surface area contributed by atoms with Gasteiger partial charge in [-0.2, -0.15) is 0 Å². The van der Waals surface area contributed by atoms with Gasteiger partial charge < -0.3 is 0 Å². The highest BCUT2D eigenvalue weighted by atomic mass is 16.1. The number of rotatable bonds is 4. The Morgan fingerprint density at radius 2 is 2.00 bits per heavy atom. The molecule has 1 heteroatoms. The number of Topliss-reactive ketones (excluding diaryl/α,β-unsaturated/α-hetero) is 1. The third-order valence-electron chi connectivity index (χ3n) is 3.65. The molecule has 2 atom stereocenters. The lowest BCUT2D eigenvalue weighted by Gasteiger charge is -2.08. The van der Waals surface area contributed by atoms with Gasteiger partial charge in [0.1, 0.15) is 5.78 Å². The normalized spacial score (nSPS) is 24.6. The number of hydrogen-bond acceptors (Lipinski definition) is 1. The lowest BCUT2D eigenvalue weighted by Crippen LogP contribution is -2.11. The van der Waals surface area contributed by atoms with Gasteiger partial charge in [0.25, 0.3) is 0 Å². The van der Waals surface area contributed by atoms with Crippen LogP contribution in [0.25, 0.3) is 0 Å². The zero-order chi connectivity index (χ0) is 11.4. The van der Waals surface area contributed by atoms with E-state index in [-0.39, 0.29) is 0 Å². The topological polar surface area (TPSA) is 17.1 Å². The van der Waals surface area contributed by atoms with Gasteiger partial charge in [0, 0.05) is 12.3 Å². The van der Waals surface area contributed by atoms with Crippen LogP contribution in [0.15, 0.2) is 30.3 Å². The molecule has 16 heavy (non-hydrogen) atoms. The van der Waals surface area contributed by atoms with Crippen LogP contribution in [-0.2, 0) is 11.2 Å². The molecular formula is C15H20O. The van der Waals surface area contributed by atoms with E-state index < -0.39 is 0 Å². The Hall–Kier alpha value is -1.11. The molecule has 0 amide bonds. The lowest BCUT2D eigenvalue weighted by atomic mass is 9.96. The number of benzene rings is 1. The van der Waals surface area contributed by atoms with Crippen molar-refractivity contribution in [2.75, 3.05) is 0 Å². The maximum atomic E-state index is 12.0. The first kappa shape index (κ1) is 11.4. The van der Waals surface area contributed by atoms with E-state index in [1.54, 1.807) is 0 Å². The highest BCUT2D eigenvalue weighted by Gasteiger charge is 2.26. The third kappa shape index (κ3) is 2.94. The summed E-state index contributed by atoms with van der Waals surface area (Å²) in [7, 11) is 0. The molecule has 0 bridgehead atoms. The minimum absolute atomic E-state index is 0.360. The Labute approximate surface area is 97.9 Å². The van der Waals surface area contributed by atoms with Crippen molar-refractivity contribution >= 4 is 5.78 Å². The van der Waals surface area contributed by atoms with Gasteiger partial charge in [-0.15, -0.1) is 0 Å².